The first-order valence-corrected chi connectivity index (χ1v) is 15.1. The van der Waals surface area contributed by atoms with Gasteiger partial charge < -0.3 is 28.8 Å². The van der Waals surface area contributed by atoms with Gasteiger partial charge in [0, 0.05) is 6.54 Å². The minimum atomic E-state index is -0.536. The van der Waals surface area contributed by atoms with Crippen LogP contribution >= 0.6 is 0 Å². The Morgan fingerprint density at radius 2 is 1.82 bits per heavy atom. The number of nitrogens with one attached hydrogen (secondary N) is 1. The minimum Gasteiger partial charge on any atom is -0.484 e. The summed E-state index contributed by atoms with van der Waals surface area (Å²) in [6.07, 6.45) is 5.62. The third-order valence-electron chi connectivity index (χ3n) is 8.28. The molecule has 0 radical (unpaired) electrons. The maximum Gasteiger partial charge on any atom is 0.338 e. The Balaban J connectivity index is 1.09. The summed E-state index contributed by atoms with van der Waals surface area (Å²) < 4.78 is 22.2. The highest BCUT2D eigenvalue weighted by atomic mass is 16.5. The number of likely N-dealkylation sites (tertiary alicyclic amines) is 1. The van der Waals surface area contributed by atoms with Gasteiger partial charge in [-0.1, -0.05) is 24.3 Å². The fourth-order valence-corrected chi connectivity index (χ4v) is 5.71. The summed E-state index contributed by atoms with van der Waals surface area (Å²) in [5.41, 5.74) is 2.54. The molecule has 2 saturated heterocycles. The second-order valence-electron chi connectivity index (χ2n) is 11.6. The van der Waals surface area contributed by atoms with E-state index in [4.69, 9.17) is 18.6 Å². The smallest absolute Gasteiger partial charge is 0.338 e. The molecule has 2 aliphatic heterocycles. The lowest BCUT2D eigenvalue weighted by Crippen LogP contribution is -2.46. The number of hydrogen-bond acceptors (Lipinski definition) is 9. The number of carbonyl (C=O) groups is 4. The van der Waals surface area contributed by atoms with Gasteiger partial charge in [0.25, 0.3) is 5.89 Å². The zero-order chi connectivity index (χ0) is 30.6. The molecule has 230 valence electrons. The van der Waals surface area contributed by atoms with Crippen molar-refractivity contribution < 1.29 is 37.8 Å². The van der Waals surface area contributed by atoms with Crippen molar-refractivity contribution in [2.75, 3.05) is 19.7 Å². The zero-order valence-electron chi connectivity index (χ0n) is 24.5. The third-order valence-corrected chi connectivity index (χ3v) is 8.28. The molecule has 11 heteroatoms. The van der Waals surface area contributed by atoms with Gasteiger partial charge in [0.05, 0.1) is 36.7 Å². The Morgan fingerprint density at radius 3 is 2.48 bits per heavy atom. The first kappa shape index (κ1) is 29.4. The molecule has 11 nitrogen and oxygen atoms in total. The molecule has 6 rings (SSSR count). The predicted molar refractivity (Wildman–Crippen MR) is 156 cm³/mol. The number of piperidine rings is 1. The van der Waals surface area contributed by atoms with Crippen LogP contribution in [0.25, 0.3) is 0 Å². The van der Waals surface area contributed by atoms with E-state index in [1.54, 1.807) is 29.2 Å². The van der Waals surface area contributed by atoms with Crippen LogP contribution in [-0.4, -0.2) is 65.5 Å². The number of esters is 2. The standard InChI is InChI=1S/C33H35N3O8/c1-20(35-30(38)31-34-14-16-41-31)29(23-8-6-22(7-9-23)21-4-5-21)43-26-12-10-24(11-13-26)33(40)44-27-3-2-15-36(18-27)32(39)25-17-28(37)42-19-25/h6-14,16,20-21,25,27,29H,2-5,15,17-19H2,1H3,(H,35,38)/t20?,25-,27+,29?/m1/s1. The van der Waals surface area contributed by atoms with Crippen LogP contribution in [-0.2, 0) is 19.1 Å². The van der Waals surface area contributed by atoms with Crippen LogP contribution in [0, 0.1) is 5.92 Å². The summed E-state index contributed by atoms with van der Waals surface area (Å²) in [5, 5.41) is 2.91. The number of oxazole rings is 1. The molecular weight excluding hydrogens is 566 g/mol. The molecule has 1 aliphatic carbocycles. The summed E-state index contributed by atoms with van der Waals surface area (Å²) in [5.74, 6) is -0.816. The number of amides is 2. The van der Waals surface area contributed by atoms with Crippen molar-refractivity contribution in [2.45, 2.75) is 63.2 Å². The maximum atomic E-state index is 13.0. The average Bonchev–Trinajstić information content (AvgIpc) is 3.55. The van der Waals surface area contributed by atoms with E-state index in [-0.39, 0.29) is 37.3 Å². The van der Waals surface area contributed by atoms with Crippen LogP contribution in [0.4, 0.5) is 0 Å². The molecule has 2 amide bonds. The Kier molecular flexibility index (Phi) is 8.63. The molecule has 3 aliphatic rings. The Hall–Kier alpha value is -4.67. The second-order valence-corrected chi connectivity index (χ2v) is 11.6. The van der Waals surface area contributed by atoms with Crippen LogP contribution in [0.3, 0.4) is 0 Å². The monoisotopic (exact) mass is 601 g/mol. The van der Waals surface area contributed by atoms with Crippen molar-refractivity contribution in [3.8, 4) is 5.75 Å². The molecular formula is C33H35N3O8. The van der Waals surface area contributed by atoms with Gasteiger partial charge >= 0.3 is 17.8 Å². The Morgan fingerprint density at radius 1 is 1.05 bits per heavy atom. The molecule has 1 aromatic heterocycles. The van der Waals surface area contributed by atoms with Crippen LogP contribution in [0.2, 0.25) is 0 Å². The highest BCUT2D eigenvalue weighted by molar-refractivity contribution is 5.90. The fraction of sp³-hybridized carbons (Fsp3) is 0.424. The number of ether oxygens (including phenoxy) is 3. The van der Waals surface area contributed by atoms with Crippen LogP contribution in [0.1, 0.15) is 83.2 Å². The minimum absolute atomic E-state index is 0.0318. The molecule has 3 fully saturated rings. The molecule has 44 heavy (non-hydrogen) atoms. The van der Waals surface area contributed by atoms with Crippen molar-refractivity contribution in [1.29, 1.82) is 0 Å². The van der Waals surface area contributed by atoms with E-state index in [2.05, 4.69) is 22.4 Å². The average molecular weight is 602 g/mol. The van der Waals surface area contributed by atoms with Gasteiger partial charge in [0.2, 0.25) is 5.91 Å². The van der Waals surface area contributed by atoms with Gasteiger partial charge in [0.1, 0.15) is 30.8 Å². The number of nitrogens with zero attached hydrogens (tertiary/aromatic N) is 2. The van der Waals surface area contributed by atoms with Crippen molar-refractivity contribution in [1.82, 2.24) is 15.2 Å². The quantitative estimate of drug-likeness (QED) is 0.339. The fourth-order valence-electron chi connectivity index (χ4n) is 5.71. The van der Waals surface area contributed by atoms with Crippen molar-refractivity contribution in [2.24, 2.45) is 5.92 Å². The SMILES string of the molecule is CC(NC(=O)c1ncco1)C(Oc1ccc(C(=O)O[C@H]2CCCN(C(=O)[C@H]3COC(=O)C3)C2)cc1)c1ccc(C2CC2)cc1. The van der Waals surface area contributed by atoms with Gasteiger partial charge in [-0.05, 0) is 73.9 Å². The van der Waals surface area contributed by atoms with Gasteiger partial charge in [-0.25, -0.2) is 9.78 Å². The maximum absolute atomic E-state index is 13.0. The largest absolute Gasteiger partial charge is 0.484 e. The molecule has 4 atom stereocenters. The first-order valence-electron chi connectivity index (χ1n) is 15.1. The van der Waals surface area contributed by atoms with E-state index in [9.17, 15) is 19.2 Å². The van der Waals surface area contributed by atoms with Crippen molar-refractivity contribution in [3.63, 3.8) is 0 Å². The number of cyclic esters (lactones) is 1. The van der Waals surface area contributed by atoms with E-state index < -0.39 is 36.0 Å². The van der Waals surface area contributed by atoms with E-state index >= 15 is 0 Å². The molecule has 1 saturated carbocycles. The molecule has 2 aromatic carbocycles. The number of aromatic nitrogens is 1. The topological polar surface area (TPSA) is 137 Å². The predicted octanol–water partition coefficient (Wildman–Crippen LogP) is 4.20. The summed E-state index contributed by atoms with van der Waals surface area (Å²) in [6.45, 7) is 2.80. The summed E-state index contributed by atoms with van der Waals surface area (Å²) in [4.78, 5) is 55.5. The Labute approximate surface area is 254 Å². The molecule has 0 bridgehead atoms. The number of carbonyl (C=O) groups excluding carboxylic acids is 4. The number of rotatable bonds is 10. The highest BCUT2D eigenvalue weighted by Gasteiger charge is 2.36. The lowest BCUT2D eigenvalue weighted by molar-refractivity contribution is -0.139. The van der Waals surface area contributed by atoms with Crippen LogP contribution < -0.4 is 10.1 Å². The van der Waals surface area contributed by atoms with Crippen molar-refractivity contribution in [3.05, 3.63) is 83.6 Å². The van der Waals surface area contributed by atoms with Crippen LogP contribution in [0.15, 0.2) is 65.4 Å². The lowest BCUT2D eigenvalue weighted by atomic mass is 10.00. The van der Waals surface area contributed by atoms with Gasteiger partial charge in [-0.2, -0.15) is 0 Å². The highest BCUT2D eigenvalue weighted by Crippen LogP contribution is 2.40. The normalized spacial score (nSPS) is 21.2. The summed E-state index contributed by atoms with van der Waals surface area (Å²) >= 11 is 0. The molecule has 1 N–H and O–H groups in total. The van der Waals surface area contributed by atoms with E-state index in [1.165, 1.54) is 30.9 Å². The molecule has 2 unspecified atom stereocenters. The zero-order valence-corrected chi connectivity index (χ0v) is 24.5. The van der Waals surface area contributed by atoms with Crippen molar-refractivity contribution >= 4 is 23.8 Å². The van der Waals surface area contributed by atoms with E-state index in [0.29, 0.717) is 36.6 Å². The van der Waals surface area contributed by atoms with Crippen LogP contribution in [0.5, 0.6) is 5.75 Å². The number of benzene rings is 2. The molecule has 0 spiro atoms. The lowest BCUT2D eigenvalue weighted by Gasteiger charge is -2.33. The second kappa shape index (κ2) is 12.9. The number of hydrogen-bond donors (Lipinski definition) is 1. The summed E-state index contributed by atoms with van der Waals surface area (Å²) in [7, 11) is 0. The van der Waals surface area contributed by atoms with Gasteiger partial charge in [-0.15, -0.1) is 0 Å². The third kappa shape index (κ3) is 6.93. The molecule has 3 heterocycles. The van der Waals surface area contributed by atoms with Gasteiger partial charge in [-0.3, -0.25) is 14.4 Å². The Bertz CT molecular complexity index is 1480. The first-order chi connectivity index (χ1) is 21.3. The molecule has 3 aromatic rings. The van der Waals surface area contributed by atoms with Gasteiger partial charge in [0.15, 0.2) is 0 Å². The van der Waals surface area contributed by atoms with E-state index in [0.717, 1.165) is 5.56 Å². The van der Waals surface area contributed by atoms with E-state index in [1.807, 2.05) is 19.1 Å². The summed E-state index contributed by atoms with van der Waals surface area (Å²) in [6, 6.07) is 14.5.